The number of rotatable bonds is 2. The van der Waals surface area contributed by atoms with E-state index in [1.165, 1.54) is 22.4 Å². The van der Waals surface area contributed by atoms with Crippen LogP contribution in [0.5, 0.6) is 0 Å². The number of aromatic amines is 2. The van der Waals surface area contributed by atoms with Crippen molar-refractivity contribution in [2.45, 2.75) is 11.7 Å². The Morgan fingerprint density at radius 1 is 1.36 bits per heavy atom. The van der Waals surface area contributed by atoms with Gasteiger partial charge in [-0.15, -0.1) is 11.3 Å². The van der Waals surface area contributed by atoms with Gasteiger partial charge in [0, 0.05) is 24.2 Å². The SMILES string of the molecule is O=C(c1c[nH]c(=O)[nH]1)N1CCC(c2cccs2)S(=O)(=O)CC1. The van der Waals surface area contributed by atoms with Crippen LogP contribution in [0.25, 0.3) is 0 Å². The second kappa shape index (κ2) is 5.73. The molecule has 22 heavy (non-hydrogen) atoms. The summed E-state index contributed by atoms with van der Waals surface area (Å²) in [6.07, 6.45) is 1.67. The Morgan fingerprint density at radius 3 is 2.82 bits per heavy atom. The van der Waals surface area contributed by atoms with E-state index in [2.05, 4.69) is 9.97 Å². The Morgan fingerprint density at radius 2 is 2.18 bits per heavy atom. The van der Waals surface area contributed by atoms with Gasteiger partial charge in [0.1, 0.15) is 5.69 Å². The van der Waals surface area contributed by atoms with Crippen LogP contribution < -0.4 is 5.69 Å². The van der Waals surface area contributed by atoms with Gasteiger partial charge in [0.25, 0.3) is 5.91 Å². The lowest BCUT2D eigenvalue weighted by Gasteiger charge is -2.18. The molecule has 0 aromatic carbocycles. The van der Waals surface area contributed by atoms with Gasteiger partial charge < -0.3 is 14.9 Å². The molecule has 1 unspecified atom stereocenters. The predicted molar refractivity (Wildman–Crippen MR) is 82.8 cm³/mol. The number of carbonyl (C=O) groups is 1. The number of aromatic nitrogens is 2. The van der Waals surface area contributed by atoms with Gasteiger partial charge in [0.05, 0.1) is 11.0 Å². The van der Waals surface area contributed by atoms with Crippen LogP contribution in [0.2, 0.25) is 0 Å². The van der Waals surface area contributed by atoms with Gasteiger partial charge >= 0.3 is 5.69 Å². The number of sulfone groups is 1. The van der Waals surface area contributed by atoms with Gasteiger partial charge in [0.15, 0.2) is 9.84 Å². The van der Waals surface area contributed by atoms with Crippen molar-refractivity contribution < 1.29 is 13.2 Å². The highest BCUT2D eigenvalue weighted by atomic mass is 32.2. The smallest absolute Gasteiger partial charge is 0.323 e. The normalized spacial score (nSPS) is 21.5. The van der Waals surface area contributed by atoms with E-state index in [9.17, 15) is 18.0 Å². The summed E-state index contributed by atoms with van der Waals surface area (Å²) < 4.78 is 24.8. The van der Waals surface area contributed by atoms with Crippen LogP contribution in [0.15, 0.2) is 28.5 Å². The third-order valence-electron chi connectivity index (χ3n) is 3.71. The number of nitrogens with one attached hydrogen (secondary N) is 2. The third kappa shape index (κ3) is 2.86. The highest BCUT2D eigenvalue weighted by Crippen LogP contribution is 2.32. The highest BCUT2D eigenvalue weighted by molar-refractivity contribution is 7.91. The number of H-pyrrole nitrogens is 2. The number of amides is 1. The van der Waals surface area contributed by atoms with Crippen molar-refractivity contribution in [2.24, 2.45) is 0 Å². The molecule has 1 saturated heterocycles. The van der Waals surface area contributed by atoms with Gasteiger partial charge in [-0.25, -0.2) is 13.2 Å². The molecule has 7 nitrogen and oxygen atoms in total. The lowest BCUT2D eigenvalue weighted by Crippen LogP contribution is -2.34. The van der Waals surface area contributed by atoms with Gasteiger partial charge in [0.2, 0.25) is 0 Å². The quantitative estimate of drug-likeness (QED) is 0.842. The van der Waals surface area contributed by atoms with Crippen molar-refractivity contribution in [3.63, 3.8) is 0 Å². The number of hydrogen-bond donors (Lipinski definition) is 2. The molecule has 118 valence electrons. The molecule has 9 heteroatoms. The second-order valence-corrected chi connectivity index (χ2v) is 8.39. The average Bonchev–Trinajstić information content (AvgIpc) is 3.10. The molecule has 1 fully saturated rings. The summed E-state index contributed by atoms with van der Waals surface area (Å²) in [6.45, 7) is 0.476. The Balaban J connectivity index is 1.82. The Bertz CT molecular complexity index is 820. The van der Waals surface area contributed by atoms with E-state index >= 15 is 0 Å². The molecule has 1 atom stereocenters. The Hall–Kier alpha value is -1.87. The monoisotopic (exact) mass is 341 g/mol. The summed E-state index contributed by atoms with van der Waals surface area (Å²) in [7, 11) is -3.29. The third-order valence-corrected chi connectivity index (χ3v) is 6.96. The van der Waals surface area contributed by atoms with E-state index in [4.69, 9.17) is 0 Å². The van der Waals surface area contributed by atoms with Crippen molar-refractivity contribution in [1.82, 2.24) is 14.9 Å². The molecule has 3 heterocycles. The minimum atomic E-state index is -3.29. The zero-order valence-corrected chi connectivity index (χ0v) is 13.2. The first-order valence-electron chi connectivity index (χ1n) is 6.79. The fourth-order valence-electron chi connectivity index (χ4n) is 2.56. The van der Waals surface area contributed by atoms with Crippen LogP contribution in [0.4, 0.5) is 0 Å². The van der Waals surface area contributed by atoms with E-state index in [0.29, 0.717) is 13.0 Å². The molecule has 1 amide bonds. The van der Waals surface area contributed by atoms with E-state index < -0.39 is 20.8 Å². The molecule has 2 aromatic rings. The maximum atomic E-state index is 12.4. The largest absolute Gasteiger partial charge is 0.336 e. The summed E-state index contributed by atoms with van der Waals surface area (Å²) in [4.78, 5) is 30.5. The first-order chi connectivity index (χ1) is 10.5. The second-order valence-electron chi connectivity index (χ2n) is 5.11. The molecule has 0 bridgehead atoms. The highest BCUT2D eigenvalue weighted by Gasteiger charge is 2.33. The number of hydrogen-bond acceptors (Lipinski definition) is 5. The first-order valence-corrected chi connectivity index (χ1v) is 9.39. The molecule has 0 spiro atoms. The van der Waals surface area contributed by atoms with Gasteiger partial charge in [-0.3, -0.25) is 4.79 Å². The van der Waals surface area contributed by atoms with E-state index in [-0.39, 0.29) is 23.9 Å². The number of imidazole rings is 1. The lowest BCUT2D eigenvalue weighted by atomic mass is 10.2. The summed E-state index contributed by atoms with van der Waals surface area (Å²) in [5, 5.41) is 1.29. The van der Waals surface area contributed by atoms with E-state index in [1.54, 1.807) is 0 Å². The minimum absolute atomic E-state index is 0.0735. The van der Waals surface area contributed by atoms with Crippen LogP contribution >= 0.6 is 11.3 Å². The van der Waals surface area contributed by atoms with E-state index in [1.807, 2.05) is 17.5 Å². The van der Waals surface area contributed by atoms with Crippen molar-refractivity contribution in [1.29, 1.82) is 0 Å². The standard InChI is InChI=1S/C13H15N3O4S2/c17-12(9-8-14-13(18)15-9)16-4-3-11(10-2-1-6-21-10)22(19,20)7-5-16/h1-2,6,8,11H,3-5,7H2,(H2,14,15,18). The number of thiophene rings is 1. The van der Waals surface area contributed by atoms with E-state index in [0.717, 1.165) is 4.88 Å². The van der Waals surface area contributed by atoms with Crippen LogP contribution in [0.1, 0.15) is 27.0 Å². The molecule has 1 aliphatic rings. The Kier molecular flexibility index (Phi) is 3.92. The zero-order valence-electron chi connectivity index (χ0n) is 11.6. The lowest BCUT2D eigenvalue weighted by molar-refractivity contribution is 0.0761. The summed E-state index contributed by atoms with van der Waals surface area (Å²) in [6, 6.07) is 3.64. The van der Waals surface area contributed by atoms with Crippen LogP contribution in [0.3, 0.4) is 0 Å². The maximum absolute atomic E-state index is 12.4. The zero-order chi connectivity index (χ0) is 15.7. The van der Waals surface area contributed by atoms with Crippen molar-refractivity contribution in [3.05, 3.63) is 44.8 Å². The number of carbonyl (C=O) groups excluding carboxylic acids is 1. The minimum Gasteiger partial charge on any atom is -0.336 e. The fraction of sp³-hybridized carbons (Fsp3) is 0.385. The Labute approximate surface area is 130 Å². The van der Waals surface area contributed by atoms with Crippen LogP contribution in [-0.4, -0.2) is 48.0 Å². The molecule has 2 aromatic heterocycles. The van der Waals surface area contributed by atoms with Crippen LogP contribution in [-0.2, 0) is 9.84 Å². The molecular weight excluding hydrogens is 326 g/mol. The predicted octanol–water partition coefficient (Wildman–Crippen LogP) is 0.767. The van der Waals surface area contributed by atoms with Gasteiger partial charge in [-0.05, 0) is 17.9 Å². The van der Waals surface area contributed by atoms with Crippen molar-refractivity contribution in [3.8, 4) is 0 Å². The van der Waals surface area contributed by atoms with Gasteiger partial charge in [-0.2, -0.15) is 0 Å². The van der Waals surface area contributed by atoms with Crippen molar-refractivity contribution >= 4 is 27.1 Å². The maximum Gasteiger partial charge on any atom is 0.323 e. The first kappa shape index (κ1) is 15.0. The summed E-state index contributed by atoms with van der Waals surface area (Å²) >= 11 is 1.42. The molecule has 3 rings (SSSR count). The topological polar surface area (TPSA) is 103 Å². The molecule has 1 aliphatic heterocycles. The molecule has 0 saturated carbocycles. The molecule has 2 N–H and O–H groups in total. The summed E-state index contributed by atoms with van der Waals surface area (Å²) in [5.41, 5.74) is -0.306. The molecule has 0 radical (unpaired) electrons. The number of nitrogens with zero attached hydrogens (tertiary/aromatic N) is 1. The van der Waals surface area contributed by atoms with Crippen molar-refractivity contribution in [2.75, 3.05) is 18.8 Å². The fourth-order valence-corrected chi connectivity index (χ4v) is 5.56. The average molecular weight is 341 g/mol. The van der Waals surface area contributed by atoms with Gasteiger partial charge in [-0.1, -0.05) is 6.07 Å². The summed E-state index contributed by atoms with van der Waals surface area (Å²) in [5.74, 6) is -0.434. The van der Waals surface area contributed by atoms with Crippen LogP contribution in [0, 0.1) is 0 Å². The molecule has 0 aliphatic carbocycles. The molecular formula is C13H15N3O4S2.